The van der Waals surface area contributed by atoms with Crippen LogP contribution in [0.1, 0.15) is 25.8 Å². The van der Waals surface area contributed by atoms with Crippen molar-refractivity contribution in [2.24, 2.45) is 0 Å². The summed E-state index contributed by atoms with van der Waals surface area (Å²) in [7, 11) is -7.50. The van der Waals surface area contributed by atoms with Crippen molar-refractivity contribution in [3.8, 4) is 0 Å². The van der Waals surface area contributed by atoms with Crippen molar-refractivity contribution in [2.45, 2.75) is 47.5 Å². The monoisotopic (exact) mass is 388 g/mol. The van der Waals surface area contributed by atoms with E-state index in [-0.39, 0.29) is 25.3 Å². The lowest BCUT2D eigenvalue weighted by Gasteiger charge is -2.12. The maximum atomic E-state index is 12.9. The number of sulfone groups is 2. The number of benzene rings is 1. The number of anilines is 1. The van der Waals surface area contributed by atoms with Gasteiger partial charge in [0.1, 0.15) is 5.00 Å². The molecule has 0 spiro atoms. The summed E-state index contributed by atoms with van der Waals surface area (Å²) in [6, 6.07) is 6.37. The van der Waals surface area contributed by atoms with E-state index in [1.165, 1.54) is 12.1 Å². The van der Waals surface area contributed by atoms with Crippen LogP contribution in [0.15, 0.2) is 38.5 Å². The van der Waals surface area contributed by atoms with Gasteiger partial charge in [0, 0.05) is 12.3 Å². The number of aryl methyl sites for hydroxylation is 1. The molecule has 0 aliphatic heterocycles. The second-order valence-corrected chi connectivity index (χ2v) is 10.7. The molecule has 0 unspecified atom stereocenters. The molecule has 132 valence electrons. The standard InChI is InChI=1S/C15H20N2O4S3/c1-5-11(3)16-13-14(17-15(22-13)23(4,18)19)24(20,21)12-8-6-10(2)7-9-12/h6-9,11,16H,5H2,1-4H3/t11-/m0/s1. The van der Waals surface area contributed by atoms with E-state index in [1.807, 2.05) is 20.8 Å². The van der Waals surface area contributed by atoms with Gasteiger partial charge >= 0.3 is 0 Å². The first kappa shape index (κ1) is 18.9. The lowest BCUT2D eigenvalue weighted by atomic mass is 10.2. The van der Waals surface area contributed by atoms with Gasteiger partial charge in [0.2, 0.25) is 24.0 Å². The van der Waals surface area contributed by atoms with Gasteiger partial charge in [-0.25, -0.2) is 21.8 Å². The number of rotatable bonds is 6. The van der Waals surface area contributed by atoms with Crippen molar-refractivity contribution in [3.63, 3.8) is 0 Å². The van der Waals surface area contributed by atoms with Gasteiger partial charge in [-0.05, 0) is 32.4 Å². The molecule has 0 aliphatic carbocycles. The van der Waals surface area contributed by atoms with Crippen LogP contribution in [0.5, 0.6) is 0 Å². The van der Waals surface area contributed by atoms with Crippen molar-refractivity contribution in [1.82, 2.24) is 4.98 Å². The van der Waals surface area contributed by atoms with Gasteiger partial charge in [0.25, 0.3) is 0 Å². The molecule has 0 fully saturated rings. The van der Waals surface area contributed by atoms with Crippen LogP contribution in [0.25, 0.3) is 0 Å². The molecule has 9 heteroatoms. The molecule has 1 aromatic heterocycles. The van der Waals surface area contributed by atoms with E-state index in [9.17, 15) is 16.8 Å². The predicted molar refractivity (Wildman–Crippen MR) is 95.2 cm³/mol. The van der Waals surface area contributed by atoms with Crippen LogP contribution >= 0.6 is 11.3 Å². The summed E-state index contributed by atoms with van der Waals surface area (Å²) in [6.45, 7) is 5.70. The Bertz CT molecular complexity index is 930. The molecule has 0 radical (unpaired) electrons. The number of hydrogen-bond acceptors (Lipinski definition) is 7. The fourth-order valence-electron chi connectivity index (χ4n) is 1.87. The lowest BCUT2D eigenvalue weighted by Crippen LogP contribution is -2.15. The lowest BCUT2D eigenvalue weighted by molar-refractivity contribution is 0.591. The Kier molecular flexibility index (Phi) is 5.36. The number of nitrogens with zero attached hydrogens (tertiary/aromatic N) is 1. The summed E-state index contributed by atoms with van der Waals surface area (Å²) in [5.74, 6) is 0. The van der Waals surface area contributed by atoms with Crippen LogP contribution in [0.4, 0.5) is 5.00 Å². The van der Waals surface area contributed by atoms with Crippen LogP contribution in [-0.4, -0.2) is 34.1 Å². The van der Waals surface area contributed by atoms with Gasteiger partial charge in [-0.3, -0.25) is 0 Å². The molecule has 0 aliphatic rings. The van der Waals surface area contributed by atoms with Crippen LogP contribution < -0.4 is 5.32 Å². The maximum absolute atomic E-state index is 12.9. The zero-order valence-electron chi connectivity index (χ0n) is 13.9. The van der Waals surface area contributed by atoms with E-state index in [4.69, 9.17) is 0 Å². The number of aromatic nitrogens is 1. The highest BCUT2D eigenvalue weighted by atomic mass is 32.2. The fourth-order valence-corrected chi connectivity index (χ4v) is 5.49. The predicted octanol–water partition coefficient (Wildman–Crippen LogP) is 2.90. The summed E-state index contributed by atoms with van der Waals surface area (Å²) < 4.78 is 49.1. The number of nitrogens with one attached hydrogen (secondary N) is 1. The van der Waals surface area contributed by atoms with Crippen LogP contribution in [-0.2, 0) is 19.7 Å². The summed E-state index contributed by atoms with van der Waals surface area (Å²) in [4.78, 5) is 4.01. The third-order valence-corrected chi connectivity index (χ3v) is 7.96. The van der Waals surface area contributed by atoms with Crippen LogP contribution in [0.2, 0.25) is 0 Å². The van der Waals surface area contributed by atoms with E-state index in [0.717, 1.165) is 29.6 Å². The average molecular weight is 389 g/mol. The average Bonchev–Trinajstić information content (AvgIpc) is 2.92. The molecule has 2 rings (SSSR count). The van der Waals surface area contributed by atoms with Gasteiger partial charge in [0.05, 0.1) is 4.90 Å². The van der Waals surface area contributed by atoms with Crippen molar-refractivity contribution in [3.05, 3.63) is 29.8 Å². The van der Waals surface area contributed by atoms with Gasteiger partial charge in [-0.1, -0.05) is 36.0 Å². The minimum absolute atomic E-state index is 0.00942. The zero-order valence-corrected chi connectivity index (χ0v) is 16.3. The highest BCUT2D eigenvalue weighted by molar-refractivity contribution is 7.93. The third kappa shape index (κ3) is 3.96. The molecule has 1 heterocycles. The van der Waals surface area contributed by atoms with Crippen molar-refractivity contribution >= 4 is 36.0 Å². The van der Waals surface area contributed by atoms with Gasteiger partial charge < -0.3 is 5.32 Å². The first-order valence-electron chi connectivity index (χ1n) is 7.35. The van der Waals surface area contributed by atoms with Gasteiger partial charge in [-0.15, -0.1) is 0 Å². The van der Waals surface area contributed by atoms with Crippen LogP contribution in [0.3, 0.4) is 0 Å². The summed E-state index contributed by atoms with van der Waals surface area (Å²) >= 11 is 0.845. The minimum Gasteiger partial charge on any atom is -0.372 e. The number of thiazole rings is 1. The smallest absolute Gasteiger partial charge is 0.226 e. The second kappa shape index (κ2) is 6.81. The summed E-state index contributed by atoms with van der Waals surface area (Å²) in [5.41, 5.74) is 0.932. The minimum atomic E-state index is -3.91. The molecule has 0 saturated heterocycles. The summed E-state index contributed by atoms with van der Waals surface area (Å²) in [5, 5.41) is 3.07. The first-order valence-corrected chi connectivity index (χ1v) is 11.5. The molecule has 1 N–H and O–H groups in total. The molecule has 1 atom stereocenters. The van der Waals surface area contributed by atoms with E-state index in [1.54, 1.807) is 12.1 Å². The molecular weight excluding hydrogens is 368 g/mol. The summed E-state index contributed by atoms with van der Waals surface area (Å²) in [6.07, 6.45) is 1.78. The molecule has 2 aromatic rings. The van der Waals surface area contributed by atoms with Crippen molar-refractivity contribution in [1.29, 1.82) is 0 Å². The largest absolute Gasteiger partial charge is 0.372 e. The number of hydrogen-bond donors (Lipinski definition) is 1. The van der Waals surface area contributed by atoms with E-state index >= 15 is 0 Å². The van der Waals surface area contributed by atoms with E-state index in [0.29, 0.717) is 0 Å². The SMILES string of the molecule is CC[C@H](C)Nc1sc(S(C)(=O)=O)nc1S(=O)(=O)c1ccc(C)cc1. The molecular formula is C15H20N2O4S3. The Hall–Kier alpha value is -1.45. The normalized spacial score (nSPS) is 13.7. The Morgan fingerprint density at radius 2 is 1.75 bits per heavy atom. The Balaban J connectivity index is 2.62. The Morgan fingerprint density at radius 1 is 1.17 bits per heavy atom. The maximum Gasteiger partial charge on any atom is 0.226 e. The molecule has 0 saturated carbocycles. The fraction of sp³-hybridized carbons (Fsp3) is 0.400. The molecule has 0 bridgehead atoms. The van der Waals surface area contributed by atoms with E-state index in [2.05, 4.69) is 10.3 Å². The highest BCUT2D eigenvalue weighted by Crippen LogP contribution is 2.35. The second-order valence-electron chi connectivity index (χ2n) is 5.66. The zero-order chi connectivity index (χ0) is 18.1. The first-order chi connectivity index (χ1) is 11.1. The molecule has 6 nitrogen and oxygen atoms in total. The van der Waals surface area contributed by atoms with E-state index < -0.39 is 19.7 Å². The quantitative estimate of drug-likeness (QED) is 0.818. The molecule has 0 amide bonds. The molecule has 1 aromatic carbocycles. The topological polar surface area (TPSA) is 93.2 Å². The third-order valence-electron chi connectivity index (χ3n) is 3.47. The van der Waals surface area contributed by atoms with Crippen molar-refractivity contribution in [2.75, 3.05) is 11.6 Å². The van der Waals surface area contributed by atoms with Gasteiger partial charge in [-0.2, -0.15) is 0 Å². The Labute approximate surface area is 146 Å². The van der Waals surface area contributed by atoms with Crippen molar-refractivity contribution < 1.29 is 16.8 Å². The Morgan fingerprint density at radius 3 is 2.25 bits per heavy atom. The molecule has 24 heavy (non-hydrogen) atoms. The highest BCUT2D eigenvalue weighted by Gasteiger charge is 2.29. The van der Waals surface area contributed by atoms with Crippen LogP contribution in [0, 0.1) is 6.92 Å². The van der Waals surface area contributed by atoms with Gasteiger partial charge in [0.15, 0.2) is 5.03 Å².